The van der Waals surface area contributed by atoms with Crippen molar-refractivity contribution in [2.24, 2.45) is 5.92 Å². The number of methoxy groups -OCH3 is 1. The molecule has 0 radical (unpaired) electrons. The first-order valence-corrected chi connectivity index (χ1v) is 6.70. The molecule has 2 rings (SSSR count). The number of nitrogens with zero attached hydrogens (tertiary/aromatic N) is 1. The van der Waals surface area contributed by atoms with E-state index < -0.39 is 5.97 Å². The van der Waals surface area contributed by atoms with Gasteiger partial charge in [0.15, 0.2) is 0 Å². The number of aliphatic carboxylic acids is 1. The van der Waals surface area contributed by atoms with Gasteiger partial charge in [-0.3, -0.25) is 9.69 Å². The second-order valence-corrected chi connectivity index (χ2v) is 5.35. The lowest BCUT2D eigenvalue weighted by molar-refractivity contribution is -0.144. The molecule has 98 valence electrons. The van der Waals surface area contributed by atoms with E-state index in [9.17, 15) is 4.79 Å². The van der Waals surface area contributed by atoms with Crippen molar-refractivity contribution < 1.29 is 14.6 Å². The average Bonchev–Trinajstić information content (AvgIpc) is 2.39. The van der Waals surface area contributed by atoms with Crippen LogP contribution >= 0.6 is 0 Å². The minimum absolute atomic E-state index is 0.160. The second-order valence-electron chi connectivity index (χ2n) is 5.35. The van der Waals surface area contributed by atoms with Crippen molar-refractivity contribution >= 4 is 5.97 Å². The van der Waals surface area contributed by atoms with Gasteiger partial charge in [-0.2, -0.15) is 0 Å². The van der Waals surface area contributed by atoms with Gasteiger partial charge in [0.1, 0.15) is 0 Å². The van der Waals surface area contributed by atoms with Crippen molar-refractivity contribution in [3.63, 3.8) is 0 Å². The predicted octanol–water partition coefficient (Wildman–Crippen LogP) is 1.74. The van der Waals surface area contributed by atoms with Gasteiger partial charge in [-0.05, 0) is 45.1 Å². The molecule has 1 saturated carbocycles. The summed E-state index contributed by atoms with van der Waals surface area (Å²) in [5.41, 5.74) is 0. The molecule has 1 heterocycles. The van der Waals surface area contributed by atoms with Crippen LogP contribution in [0.3, 0.4) is 0 Å². The normalized spacial score (nSPS) is 35.7. The predicted molar refractivity (Wildman–Crippen MR) is 65.0 cm³/mol. The monoisotopic (exact) mass is 241 g/mol. The number of carboxylic acid groups (broad SMARTS) is 1. The van der Waals surface area contributed by atoms with Crippen molar-refractivity contribution in [2.75, 3.05) is 20.2 Å². The van der Waals surface area contributed by atoms with E-state index in [1.165, 1.54) is 12.8 Å². The number of carboxylic acids is 1. The topological polar surface area (TPSA) is 49.8 Å². The quantitative estimate of drug-likeness (QED) is 0.817. The highest BCUT2D eigenvalue weighted by molar-refractivity contribution is 5.70. The third-order valence-electron chi connectivity index (χ3n) is 4.25. The summed E-state index contributed by atoms with van der Waals surface area (Å²) < 4.78 is 5.44. The van der Waals surface area contributed by atoms with Gasteiger partial charge >= 0.3 is 5.97 Å². The summed E-state index contributed by atoms with van der Waals surface area (Å²) in [4.78, 5) is 13.4. The summed E-state index contributed by atoms with van der Waals surface area (Å²) in [5, 5.41) is 9.10. The summed E-state index contributed by atoms with van der Waals surface area (Å²) in [6.07, 6.45) is 6.87. The van der Waals surface area contributed by atoms with E-state index in [4.69, 9.17) is 9.84 Å². The van der Waals surface area contributed by atoms with Gasteiger partial charge in [0.05, 0.1) is 12.0 Å². The smallest absolute Gasteiger partial charge is 0.307 e. The average molecular weight is 241 g/mol. The van der Waals surface area contributed by atoms with Gasteiger partial charge in [0, 0.05) is 19.7 Å². The van der Waals surface area contributed by atoms with Gasteiger partial charge in [0.25, 0.3) is 0 Å². The number of hydrogen-bond donors (Lipinski definition) is 1. The Hall–Kier alpha value is -0.610. The highest BCUT2D eigenvalue weighted by Crippen LogP contribution is 2.28. The molecule has 0 spiro atoms. The van der Waals surface area contributed by atoms with Gasteiger partial charge < -0.3 is 9.84 Å². The van der Waals surface area contributed by atoms with Gasteiger partial charge in [-0.15, -0.1) is 0 Å². The zero-order valence-corrected chi connectivity index (χ0v) is 10.6. The molecule has 2 aliphatic rings. The minimum atomic E-state index is -0.631. The van der Waals surface area contributed by atoms with Crippen LogP contribution in [0.25, 0.3) is 0 Å². The molecule has 0 aromatic heterocycles. The zero-order valence-electron chi connectivity index (χ0n) is 10.6. The van der Waals surface area contributed by atoms with Crippen molar-refractivity contribution in [3.8, 4) is 0 Å². The lowest BCUT2D eigenvalue weighted by Crippen LogP contribution is -2.47. The first-order chi connectivity index (χ1) is 8.20. The summed E-state index contributed by atoms with van der Waals surface area (Å²) in [7, 11) is 1.78. The van der Waals surface area contributed by atoms with Crippen molar-refractivity contribution in [1.29, 1.82) is 0 Å². The lowest BCUT2D eigenvalue weighted by Gasteiger charge is -2.40. The molecule has 4 nitrogen and oxygen atoms in total. The Balaban J connectivity index is 1.90. The van der Waals surface area contributed by atoms with Crippen LogP contribution < -0.4 is 0 Å². The van der Waals surface area contributed by atoms with Crippen LogP contribution in [-0.4, -0.2) is 48.3 Å². The molecule has 17 heavy (non-hydrogen) atoms. The molecule has 2 fully saturated rings. The van der Waals surface area contributed by atoms with Crippen LogP contribution in [0.15, 0.2) is 0 Å². The van der Waals surface area contributed by atoms with Gasteiger partial charge in [0.2, 0.25) is 0 Å². The molecular weight excluding hydrogens is 218 g/mol. The summed E-state index contributed by atoms with van der Waals surface area (Å²) >= 11 is 0. The maximum Gasteiger partial charge on any atom is 0.307 e. The number of carbonyl (C=O) groups is 1. The molecule has 0 bridgehead atoms. The summed E-state index contributed by atoms with van der Waals surface area (Å²) in [6, 6.07) is 0.538. The van der Waals surface area contributed by atoms with Crippen molar-refractivity contribution in [2.45, 2.75) is 50.7 Å². The number of hydrogen-bond acceptors (Lipinski definition) is 3. The highest BCUT2D eigenvalue weighted by atomic mass is 16.5. The number of rotatable bonds is 3. The molecule has 3 unspecified atom stereocenters. The van der Waals surface area contributed by atoms with E-state index in [1.54, 1.807) is 7.11 Å². The molecule has 4 heteroatoms. The first kappa shape index (κ1) is 12.8. The standard InChI is InChI=1S/C13H23NO3/c1-17-12-6-2-5-11(8-12)14-7-3-4-10(9-14)13(15)16/h10-12H,2-9H2,1H3,(H,15,16). The Kier molecular flexibility index (Phi) is 4.40. The van der Waals surface area contributed by atoms with Gasteiger partial charge in [-0.1, -0.05) is 0 Å². The number of piperidine rings is 1. The fraction of sp³-hybridized carbons (Fsp3) is 0.923. The molecule has 1 aliphatic carbocycles. The molecule has 0 amide bonds. The fourth-order valence-electron chi connectivity index (χ4n) is 3.21. The Labute approximate surface area is 103 Å². The van der Waals surface area contributed by atoms with Crippen molar-refractivity contribution in [3.05, 3.63) is 0 Å². The van der Waals surface area contributed by atoms with Crippen LogP contribution in [0.4, 0.5) is 0 Å². The lowest BCUT2D eigenvalue weighted by atomic mass is 9.88. The van der Waals surface area contributed by atoms with Crippen LogP contribution in [0.1, 0.15) is 38.5 Å². The molecule has 3 atom stereocenters. The maximum absolute atomic E-state index is 11.1. The number of likely N-dealkylation sites (tertiary alicyclic amines) is 1. The van der Waals surface area contributed by atoms with Crippen molar-refractivity contribution in [1.82, 2.24) is 4.90 Å². The molecule has 1 aliphatic heterocycles. The molecule has 0 aromatic carbocycles. The Bertz CT molecular complexity index is 269. The van der Waals surface area contributed by atoms with Crippen LogP contribution in [0.5, 0.6) is 0 Å². The fourth-order valence-corrected chi connectivity index (χ4v) is 3.21. The Morgan fingerprint density at radius 2 is 2.12 bits per heavy atom. The maximum atomic E-state index is 11.1. The summed E-state index contributed by atoms with van der Waals surface area (Å²) in [5.74, 6) is -0.791. The molecule has 0 aromatic rings. The second kappa shape index (κ2) is 5.83. The van der Waals surface area contributed by atoms with Crippen LogP contribution in [0.2, 0.25) is 0 Å². The van der Waals surface area contributed by atoms with E-state index in [1.807, 2.05) is 0 Å². The van der Waals surface area contributed by atoms with E-state index in [0.717, 1.165) is 38.8 Å². The van der Waals surface area contributed by atoms with E-state index in [-0.39, 0.29) is 5.92 Å². The number of ether oxygens (including phenoxy) is 1. The molecular formula is C13H23NO3. The van der Waals surface area contributed by atoms with E-state index in [2.05, 4.69) is 4.90 Å². The molecule has 1 saturated heterocycles. The summed E-state index contributed by atoms with van der Waals surface area (Å²) in [6.45, 7) is 1.79. The molecule has 1 N–H and O–H groups in total. The largest absolute Gasteiger partial charge is 0.481 e. The highest BCUT2D eigenvalue weighted by Gasteiger charge is 2.32. The first-order valence-electron chi connectivity index (χ1n) is 6.70. The van der Waals surface area contributed by atoms with Crippen LogP contribution in [-0.2, 0) is 9.53 Å². The Morgan fingerprint density at radius 3 is 2.82 bits per heavy atom. The van der Waals surface area contributed by atoms with E-state index in [0.29, 0.717) is 12.1 Å². The zero-order chi connectivity index (χ0) is 12.3. The Morgan fingerprint density at radius 1 is 1.29 bits per heavy atom. The third kappa shape index (κ3) is 3.19. The third-order valence-corrected chi connectivity index (χ3v) is 4.25. The van der Waals surface area contributed by atoms with Gasteiger partial charge in [-0.25, -0.2) is 0 Å². The SMILES string of the molecule is COC1CCCC(N2CCCC(C(=O)O)C2)C1. The van der Waals surface area contributed by atoms with Crippen LogP contribution in [0, 0.1) is 5.92 Å². The minimum Gasteiger partial charge on any atom is -0.481 e. The van der Waals surface area contributed by atoms with E-state index >= 15 is 0 Å².